The predicted octanol–water partition coefficient (Wildman–Crippen LogP) is 5.06. The Kier molecular flexibility index (Phi) is 11.2. The first-order valence-corrected chi connectivity index (χ1v) is 15.9. The van der Waals surface area contributed by atoms with Gasteiger partial charge in [0.05, 0.1) is 37.4 Å². The van der Waals surface area contributed by atoms with Crippen LogP contribution in [0.2, 0.25) is 0 Å². The highest BCUT2D eigenvalue weighted by Gasteiger charge is 2.58. The molecule has 1 aromatic carbocycles. The van der Waals surface area contributed by atoms with Crippen LogP contribution < -0.4 is 0 Å². The van der Waals surface area contributed by atoms with Gasteiger partial charge in [0.25, 0.3) is 0 Å². The highest BCUT2D eigenvalue weighted by Crippen LogP contribution is 2.52. The number of unbranched alkanes of at least 4 members (excludes halogenated alkanes) is 2. The average Bonchev–Trinajstić information content (AvgIpc) is 3.63. The van der Waals surface area contributed by atoms with E-state index < -0.39 is 5.97 Å². The summed E-state index contributed by atoms with van der Waals surface area (Å²) < 4.78 is 10.5. The van der Waals surface area contributed by atoms with Gasteiger partial charge in [0, 0.05) is 30.4 Å². The third-order valence-electron chi connectivity index (χ3n) is 8.04. The summed E-state index contributed by atoms with van der Waals surface area (Å²) in [6.07, 6.45) is 7.72. The first-order valence-electron chi connectivity index (χ1n) is 14.8. The van der Waals surface area contributed by atoms with E-state index in [1.807, 2.05) is 44.2 Å². The van der Waals surface area contributed by atoms with E-state index in [0.717, 1.165) is 18.4 Å². The summed E-state index contributed by atoms with van der Waals surface area (Å²) in [7, 11) is 0. The Bertz CT molecular complexity index is 1100. The van der Waals surface area contributed by atoms with Gasteiger partial charge in [0.15, 0.2) is 0 Å². The third-order valence-corrected chi connectivity index (χ3v) is 9.32. The number of amides is 2. The summed E-state index contributed by atoms with van der Waals surface area (Å²) in [5.74, 6) is -0.0442. The molecule has 222 valence electrons. The number of nitrogens with zero attached hydrogens (tertiary/aromatic N) is 1. The molecule has 5 atom stereocenters. The SMILES string of the molecule is CC(C)OC(=O)CCSC(CC(=O)CCC(=O)OCCCCCN1C(=O)[C@@H]2[C@H](C1=O)[C@H]1C=C[C@@H]2C1)c1ccccc1. The molecule has 8 nitrogen and oxygen atoms in total. The fourth-order valence-corrected chi connectivity index (χ4v) is 7.31. The molecular weight excluding hydrogens is 542 g/mol. The van der Waals surface area contributed by atoms with Crippen molar-refractivity contribution in [3.05, 3.63) is 48.0 Å². The van der Waals surface area contributed by atoms with E-state index in [2.05, 4.69) is 12.2 Å². The van der Waals surface area contributed by atoms with Crippen molar-refractivity contribution >= 4 is 41.3 Å². The van der Waals surface area contributed by atoms with Gasteiger partial charge >= 0.3 is 11.9 Å². The molecule has 1 aliphatic heterocycles. The fraction of sp³-hybridized carbons (Fsp3) is 0.594. The number of carbonyl (C=O) groups is 5. The second-order valence-corrected chi connectivity index (χ2v) is 12.7. The van der Waals surface area contributed by atoms with Crippen LogP contribution in [0.15, 0.2) is 42.5 Å². The van der Waals surface area contributed by atoms with Gasteiger partial charge in [-0.05, 0) is 56.9 Å². The van der Waals surface area contributed by atoms with Gasteiger partial charge < -0.3 is 9.47 Å². The number of hydrogen-bond acceptors (Lipinski definition) is 8. The minimum absolute atomic E-state index is 0.0190. The molecule has 1 heterocycles. The molecule has 1 unspecified atom stereocenters. The maximum atomic E-state index is 12.7. The summed E-state index contributed by atoms with van der Waals surface area (Å²) in [6, 6.07) is 9.69. The van der Waals surface area contributed by atoms with Crippen molar-refractivity contribution in [2.45, 2.75) is 76.6 Å². The molecule has 4 rings (SSSR count). The maximum Gasteiger partial charge on any atom is 0.306 e. The minimum Gasteiger partial charge on any atom is -0.466 e. The number of ether oxygens (including phenoxy) is 2. The number of benzene rings is 1. The minimum atomic E-state index is -0.403. The van der Waals surface area contributed by atoms with Crippen LogP contribution in [0.4, 0.5) is 0 Å². The van der Waals surface area contributed by atoms with Gasteiger partial charge in [-0.25, -0.2) is 0 Å². The number of fused-ring (bicyclic) bond motifs is 5. The zero-order valence-electron chi connectivity index (χ0n) is 24.0. The van der Waals surface area contributed by atoms with Crippen LogP contribution in [0, 0.1) is 23.7 Å². The Labute approximate surface area is 246 Å². The van der Waals surface area contributed by atoms with Crippen molar-refractivity contribution in [3.63, 3.8) is 0 Å². The molecule has 2 amide bonds. The van der Waals surface area contributed by atoms with Crippen molar-refractivity contribution in [3.8, 4) is 0 Å². The molecule has 0 N–H and O–H groups in total. The van der Waals surface area contributed by atoms with E-state index in [1.165, 1.54) is 4.90 Å². The van der Waals surface area contributed by atoms with Crippen LogP contribution in [-0.2, 0) is 33.4 Å². The number of thioether (sulfide) groups is 1. The third kappa shape index (κ3) is 8.31. The Morgan fingerprint density at radius 1 is 0.902 bits per heavy atom. The van der Waals surface area contributed by atoms with Gasteiger partial charge in [0.2, 0.25) is 11.8 Å². The van der Waals surface area contributed by atoms with Gasteiger partial charge in [-0.1, -0.05) is 42.5 Å². The molecule has 1 saturated heterocycles. The molecule has 0 aromatic heterocycles. The molecule has 0 radical (unpaired) electrons. The Balaban J connectivity index is 1.09. The van der Waals surface area contributed by atoms with E-state index >= 15 is 0 Å². The normalized spacial score (nSPS) is 23.2. The lowest BCUT2D eigenvalue weighted by atomic mass is 9.85. The monoisotopic (exact) mass is 583 g/mol. The summed E-state index contributed by atoms with van der Waals surface area (Å²) in [6.45, 7) is 4.30. The fourth-order valence-electron chi connectivity index (χ4n) is 6.09. The quantitative estimate of drug-likeness (QED) is 0.108. The van der Waals surface area contributed by atoms with Crippen molar-refractivity contribution in [1.29, 1.82) is 0 Å². The highest BCUT2D eigenvalue weighted by molar-refractivity contribution is 7.99. The van der Waals surface area contributed by atoms with E-state index in [1.54, 1.807) is 11.8 Å². The second kappa shape index (κ2) is 14.8. The first-order chi connectivity index (χ1) is 19.7. The molecule has 1 aromatic rings. The Hall–Kier alpha value is -2.94. The lowest BCUT2D eigenvalue weighted by molar-refractivity contribution is -0.147. The molecule has 41 heavy (non-hydrogen) atoms. The number of carbonyl (C=O) groups excluding carboxylic acids is 5. The summed E-state index contributed by atoms with van der Waals surface area (Å²) in [4.78, 5) is 63.7. The molecule has 0 spiro atoms. The van der Waals surface area contributed by atoms with E-state index in [-0.39, 0.29) is 90.9 Å². The van der Waals surface area contributed by atoms with Crippen molar-refractivity contribution < 1.29 is 33.4 Å². The zero-order valence-corrected chi connectivity index (χ0v) is 24.8. The predicted molar refractivity (Wildman–Crippen MR) is 156 cm³/mol. The molecule has 9 heteroatoms. The number of ketones is 1. The molecule has 2 fully saturated rings. The molecule has 3 aliphatic rings. The smallest absolute Gasteiger partial charge is 0.306 e. The lowest BCUT2D eigenvalue weighted by Crippen LogP contribution is -2.33. The first kappa shape index (κ1) is 31.0. The molecule has 2 aliphatic carbocycles. The number of Topliss-reactive ketones (excluding diaryl/α,β-unsaturated/α-hetero) is 1. The topological polar surface area (TPSA) is 107 Å². The van der Waals surface area contributed by atoms with Gasteiger partial charge in [-0.15, -0.1) is 0 Å². The van der Waals surface area contributed by atoms with Gasteiger partial charge in [0.1, 0.15) is 5.78 Å². The van der Waals surface area contributed by atoms with Crippen molar-refractivity contribution in [1.82, 2.24) is 4.90 Å². The highest BCUT2D eigenvalue weighted by atomic mass is 32.2. The second-order valence-electron chi connectivity index (χ2n) is 11.4. The number of esters is 2. The summed E-state index contributed by atoms with van der Waals surface area (Å²) in [5, 5.41) is -0.105. The van der Waals surface area contributed by atoms with Gasteiger partial charge in [-0.3, -0.25) is 28.9 Å². The van der Waals surface area contributed by atoms with Gasteiger partial charge in [-0.2, -0.15) is 11.8 Å². The largest absolute Gasteiger partial charge is 0.466 e. The van der Waals surface area contributed by atoms with Crippen LogP contribution in [0.1, 0.15) is 76.0 Å². The molecule has 1 saturated carbocycles. The maximum absolute atomic E-state index is 12.7. The van der Waals surface area contributed by atoms with Crippen LogP contribution in [-0.4, -0.2) is 59.4 Å². The number of rotatable bonds is 17. The van der Waals surface area contributed by atoms with Crippen LogP contribution >= 0.6 is 11.8 Å². The average molecular weight is 584 g/mol. The number of likely N-dealkylation sites (tertiary alicyclic amines) is 1. The molecule has 2 bridgehead atoms. The van der Waals surface area contributed by atoms with E-state index in [0.29, 0.717) is 25.1 Å². The van der Waals surface area contributed by atoms with Crippen LogP contribution in [0.25, 0.3) is 0 Å². The standard InChI is InChI=1S/C32H41NO7S/c1-21(2)40-28(36)15-18-41-26(22-9-5-3-6-10-22)20-25(34)13-14-27(35)39-17-8-4-7-16-33-31(37)29-23-11-12-24(19-23)30(29)32(33)38/h3,5-6,9-12,21,23-24,26,29-30H,4,7-8,13-20H2,1-2H3/t23-,24+,26?,29+,30-. The van der Waals surface area contributed by atoms with Crippen LogP contribution in [0.3, 0.4) is 0 Å². The number of imide groups is 1. The summed E-state index contributed by atoms with van der Waals surface area (Å²) in [5.41, 5.74) is 1.01. The zero-order chi connectivity index (χ0) is 29.4. The van der Waals surface area contributed by atoms with Crippen LogP contribution in [0.5, 0.6) is 0 Å². The Morgan fingerprint density at radius 3 is 2.24 bits per heavy atom. The lowest BCUT2D eigenvalue weighted by Gasteiger charge is -2.17. The Morgan fingerprint density at radius 2 is 1.59 bits per heavy atom. The van der Waals surface area contributed by atoms with Crippen molar-refractivity contribution in [2.24, 2.45) is 23.7 Å². The van der Waals surface area contributed by atoms with E-state index in [9.17, 15) is 24.0 Å². The van der Waals surface area contributed by atoms with Crippen molar-refractivity contribution in [2.75, 3.05) is 18.9 Å². The summed E-state index contributed by atoms with van der Waals surface area (Å²) >= 11 is 1.54. The van der Waals surface area contributed by atoms with E-state index in [4.69, 9.17) is 9.47 Å². The molecular formula is C32H41NO7S. The number of hydrogen-bond donors (Lipinski definition) is 0. The number of allylic oxidation sites excluding steroid dienone is 2.